The minimum Gasteiger partial charge on any atom is -0.358 e. The van der Waals surface area contributed by atoms with Crippen molar-refractivity contribution in [3.8, 4) is 0 Å². The summed E-state index contributed by atoms with van der Waals surface area (Å²) in [4.78, 5) is 4.67. The molecule has 0 saturated carbocycles. The molecule has 1 aromatic rings. The van der Waals surface area contributed by atoms with Crippen LogP contribution in [0.3, 0.4) is 0 Å². The molecule has 0 fully saturated rings. The Bertz CT molecular complexity index is 485. The number of hydrogen-bond acceptors (Lipinski definition) is 3. The quantitative estimate of drug-likeness (QED) is 0.907. The lowest BCUT2D eigenvalue weighted by atomic mass is 10.1. The van der Waals surface area contributed by atoms with Crippen LogP contribution in [0, 0.1) is 18.7 Å². The first kappa shape index (κ1) is 14.4. The topological polar surface area (TPSA) is 24.4 Å². The van der Waals surface area contributed by atoms with E-state index in [2.05, 4.69) is 24.2 Å². The number of hydrogen-bond donors (Lipinski definition) is 1. The van der Waals surface area contributed by atoms with Gasteiger partial charge in [0.1, 0.15) is 5.82 Å². The summed E-state index contributed by atoms with van der Waals surface area (Å²) in [6.07, 6.45) is 0. The standard InChI is InChI=1S/C15H21FN2S/c1-9(2)14-8-19-15(18-14)17-11(4)12-6-5-10(3)13(16)7-12/h5-7,9,11,14H,8H2,1-4H3,(H,17,18). The Morgan fingerprint density at radius 1 is 1.37 bits per heavy atom. The number of amidine groups is 1. The van der Waals surface area contributed by atoms with E-state index in [9.17, 15) is 4.39 Å². The lowest BCUT2D eigenvalue weighted by Crippen LogP contribution is -2.23. The minimum atomic E-state index is -0.146. The maximum atomic E-state index is 13.6. The molecule has 19 heavy (non-hydrogen) atoms. The van der Waals surface area contributed by atoms with Crippen LogP contribution < -0.4 is 5.32 Å². The Labute approximate surface area is 118 Å². The zero-order valence-electron chi connectivity index (χ0n) is 11.9. The summed E-state index contributed by atoms with van der Waals surface area (Å²) in [5.41, 5.74) is 1.64. The molecule has 0 bridgehead atoms. The van der Waals surface area contributed by atoms with Crippen molar-refractivity contribution in [2.24, 2.45) is 10.9 Å². The van der Waals surface area contributed by atoms with Gasteiger partial charge in [0.25, 0.3) is 0 Å². The first-order valence-corrected chi connectivity index (χ1v) is 7.69. The van der Waals surface area contributed by atoms with Gasteiger partial charge < -0.3 is 5.32 Å². The average molecular weight is 280 g/mol. The summed E-state index contributed by atoms with van der Waals surface area (Å²) in [6, 6.07) is 5.87. The minimum absolute atomic E-state index is 0.0762. The van der Waals surface area contributed by atoms with Gasteiger partial charge in [0.2, 0.25) is 0 Å². The van der Waals surface area contributed by atoms with E-state index in [-0.39, 0.29) is 11.9 Å². The van der Waals surface area contributed by atoms with Gasteiger partial charge in [-0.3, -0.25) is 4.99 Å². The number of halogens is 1. The van der Waals surface area contributed by atoms with Crippen molar-refractivity contribution < 1.29 is 4.39 Å². The number of nitrogens with zero attached hydrogens (tertiary/aromatic N) is 1. The largest absolute Gasteiger partial charge is 0.358 e. The lowest BCUT2D eigenvalue weighted by molar-refractivity contribution is 0.541. The van der Waals surface area contributed by atoms with Crippen LogP contribution in [0.1, 0.15) is 37.9 Å². The van der Waals surface area contributed by atoms with Crippen LogP contribution in [-0.2, 0) is 0 Å². The van der Waals surface area contributed by atoms with Gasteiger partial charge in [0, 0.05) is 5.75 Å². The normalized spacial score (nSPS) is 20.5. The molecule has 1 aliphatic heterocycles. The highest BCUT2D eigenvalue weighted by atomic mass is 32.2. The van der Waals surface area contributed by atoms with Crippen LogP contribution in [0.25, 0.3) is 0 Å². The molecule has 0 aliphatic carbocycles. The second-order valence-electron chi connectivity index (χ2n) is 5.43. The summed E-state index contributed by atoms with van der Waals surface area (Å²) in [6.45, 7) is 8.20. The van der Waals surface area contributed by atoms with Gasteiger partial charge >= 0.3 is 0 Å². The second kappa shape index (κ2) is 5.95. The molecule has 104 valence electrons. The Balaban J connectivity index is 2.03. The molecule has 2 unspecified atom stereocenters. The molecule has 1 N–H and O–H groups in total. The van der Waals surface area contributed by atoms with E-state index in [4.69, 9.17) is 0 Å². The maximum absolute atomic E-state index is 13.6. The molecule has 1 aromatic carbocycles. The van der Waals surface area contributed by atoms with Crippen LogP contribution in [0.4, 0.5) is 4.39 Å². The Kier molecular flexibility index (Phi) is 4.50. The zero-order chi connectivity index (χ0) is 14.0. The van der Waals surface area contributed by atoms with Crippen molar-refractivity contribution >= 4 is 16.9 Å². The number of thioether (sulfide) groups is 1. The molecular weight excluding hydrogens is 259 g/mol. The van der Waals surface area contributed by atoms with Crippen LogP contribution >= 0.6 is 11.8 Å². The van der Waals surface area contributed by atoms with Crippen molar-refractivity contribution in [1.82, 2.24) is 5.32 Å². The molecular formula is C15H21FN2S. The molecule has 2 rings (SSSR count). The fourth-order valence-electron chi connectivity index (χ4n) is 1.96. The smallest absolute Gasteiger partial charge is 0.157 e. The van der Waals surface area contributed by atoms with Crippen LogP contribution in [0.5, 0.6) is 0 Å². The average Bonchev–Trinajstić information content (AvgIpc) is 2.81. The number of benzene rings is 1. The second-order valence-corrected chi connectivity index (χ2v) is 6.44. The molecule has 0 spiro atoms. The molecule has 0 saturated heterocycles. The van der Waals surface area contributed by atoms with Crippen LogP contribution in [0.15, 0.2) is 23.2 Å². The van der Waals surface area contributed by atoms with Gasteiger partial charge in [-0.15, -0.1) is 0 Å². The van der Waals surface area contributed by atoms with Crippen LogP contribution in [0.2, 0.25) is 0 Å². The molecule has 2 atom stereocenters. The number of aryl methyl sites for hydroxylation is 1. The maximum Gasteiger partial charge on any atom is 0.157 e. The fraction of sp³-hybridized carbons (Fsp3) is 0.533. The fourth-order valence-corrected chi connectivity index (χ4v) is 3.22. The molecule has 4 heteroatoms. The monoisotopic (exact) mass is 280 g/mol. The van der Waals surface area contributed by atoms with E-state index in [1.165, 1.54) is 0 Å². The van der Waals surface area contributed by atoms with Gasteiger partial charge in [0.05, 0.1) is 12.1 Å². The van der Waals surface area contributed by atoms with E-state index < -0.39 is 0 Å². The highest BCUT2D eigenvalue weighted by molar-refractivity contribution is 8.14. The highest BCUT2D eigenvalue weighted by Gasteiger charge is 2.22. The molecule has 2 nitrogen and oxygen atoms in total. The van der Waals surface area contributed by atoms with Gasteiger partial charge in [-0.05, 0) is 37.0 Å². The van der Waals surface area contributed by atoms with Crippen molar-refractivity contribution in [3.63, 3.8) is 0 Å². The third-order valence-electron chi connectivity index (χ3n) is 3.48. The third-order valence-corrected chi connectivity index (χ3v) is 4.48. The van der Waals surface area contributed by atoms with E-state index in [1.807, 2.05) is 19.1 Å². The molecule has 1 heterocycles. The summed E-state index contributed by atoms with van der Waals surface area (Å²) in [5, 5.41) is 4.35. The zero-order valence-corrected chi connectivity index (χ0v) is 12.7. The third kappa shape index (κ3) is 3.50. The van der Waals surface area contributed by atoms with E-state index in [0.717, 1.165) is 16.5 Å². The number of nitrogens with one attached hydrogen (secondary N) is 1. The Morgan fingerprint density at radius 2 is 2.11 bits per heavy atom. The summed E-state index contributed by atoms with van der Waals surface area (Å²) in [5.74, 6) is 1.46. The van der Waals surface area contributed by atoms with Gasteiger partial charge in [-0.1, -0.05) is 37.7 Å². The van der Waals surface area contributed by atoms with E-state index >= 15 is 0 Å². The van der Waals surface area contributed by atoms with Crippen LogP contribution in [-0.4, -0.2) is 17.0 Å². The highest BCUT2D eigenvalue weighted by Crippen LogP contribution is 2.24. The van der Waals surface area contributed by atoms with Gasteiger partial charge in [-0.2, -0.15) is 0 Å². The summed E-state index contributed by atoms with van der Waals surface area (Å²) < 4.78 is 13.6. The molecule has 0 aromatic heterocycles. The van der Waals surface area contributed by atoms with E-state index in [0.29, 0.717) is 17.5 Å². The van der Waals surface area contributed by atoms with Crippen molar-refractivity contribution in [2.45, 2.75) is 39.8 Å². The first-order valence-electron chi connectivity index (χ1n) is 6.70. The predicted octanol–water partition coefficient (Wildman–Crippen LogP) is 3.91. The lowest BCUT2D eigenvalue weighted by Gasteiger charge is -2.15. The number of aliphatic imine (C=N–C) groups is 1. The van der Waals surface area contributed by atoms with E-state index in [1.54, 1.807) is 24.8 Å². The summed E-state index contributed by atoms with van der Waals surface area (Å²) in [7, 11) is 0. The van der Waals surface area contributed by atoms with Gasteiger partial charge in [-0.25, -0.2) is 4.39 Å². The predicted molar refractivity (Wildman–Crippen MR) is 81.2 cm³/mol. The Hall–Kier alpha value is -1.03. The Morgan fingerprint density at radius 3 is 2.68 bits per heavy atom. The molecule has 0 radical (unpaired) electrons. The van der Waals surface area contributed by atoms with Crippen molar-refractivity contribution in [1.29, 1.82) is 0 Å². The van der Waals surface area contributed by atoms with Gasteiger partial charge in [0.15, 0.2) is 5.17 Å². The molecule has 0 amide bonds. The first-order chi connectivity index (χ1) is 8.97. The number of rotatable bonds is 3. The van der Waals surface area contributed by atoms with Crippen molar-refractivity contribution in [3.05, 3.63) is 35.1 Å². The summed E-state index contributed by atoms with van der Waals surface area (Å²) >= 11 is 1.75. The molecule has 1 aliphatic rings. The van der Waals surface area contributed by atoms with Crippen molar-refractivity contribution in [2.75, 3.05) is 5.75 Å². The SMILES string of the molecule is Cc1ccc(C(C)NC2=NC(C(C)C)CS2)cc1F.